The Morgan fingerprint density at radius 3 is 2.64 bits per heavy atom. The first kappa shape index (κ1) is 19.0. The third-order valence-corrected chi connectivity index (χ3v) is 4.42. The van der Waals surface area contributed by atoms with Gasteiger partial charge in [-0.25, -0.2) is 4.79 Å². The molecule has 1 atom stereocenters. The van der Waals surface area contributed by atoms with E-state index in [-0.39, 0.29) is 6.03 Å². The molecule has 25 heavy (non-hydrogen) atoms. The molecule has 0 fully saturated rings. The number of nitrogens with one attached hydrogen (secondary N) is 2. The largest absolute Gasteiger partial charge is 0.492 e. The minimum atomic E-state index is -0.919. The van der Waals surface area contributed by atoms with Crippen LogP contribution >= 0.6 is 0 Å². The monoisotopic (exact) mass is 360 g/mol. The number of aryl methyl sites for hydroxylation is 1. The topological polar surface area (TPSA) is 67.4 Å². The summed E-state index contributed by atoms with van der Waals surface area (Å²) in [5.74, 6) is 1.27. The Kier molecular flexibility index (Phi) is 7.01. The molecule has 0 aliphatic rings. The Hall–Kier alpha value is -2.34. The highest BCUT2D eigenvalue weighted by atomic mass is 32.2. The van der Waals surface area contributed by atoms with Crippen molar-refractivity contribution >= 4 is 22.5 Å². The lowest BCUT2D eigenvalue weighted by Crippen LogP contribution is -2.32. The first-order valence-corrected chi connectivity index (χ1v) is 9.81. The van der Waals surface area contributed by atoms with Crippen molar-refractivity contribution in [2.45, 2.75) is 19.6 Å². The van der Waals surface area contributed by atoms with E-state index < -0.39 is 10.8 Å². The molecule has 134 valence electrons. The van der Waals surface area contributed by atoms with Crippen molar-refractivity contribution in [2.24, 2.45) is 0 Å². The van der Waals surface area contributed by atoms with E-state index in [0.29, 0.717) is 18.9 Å². The lowest BCUT2D eigenvalue weighted by Gasteiger charge is -2.13. The summed E-state index contributed by atoms with van der Waals surface area (Å²) in [7, 11) is -0.919. The SMILES string of the molecule is Cc1cccc(OCCNC(=O)Nc2cccc(C[S@@](C)=O)c2C)c1. The normalized spacial score (nSPS) is 11.6. The number of hydrogen-bond acceptors (Lipinski definition) is 3. The fourth-order valence-corrected chi connectivity index (χ4v) is 3.15. The van der Waals surface area contributed by atoms with Crippen LogP contribution in [0, 0.1) is 13.8 Å². The van der Waals surface area contributed by atoms with Gasteiger partial charge in [0.2, 0.25) is 0 Å². The van der Waals surface area contributed by atoms with Crippen LogP contribution in [0.25, 0.3) is 0 Å². The first-order valence-electron chi connectivity index (χ1n) is 8.08. The molecular weight excluding hydrogens is 336 g/mol. The summed E-state index contributed by atoms with van der Waals surface area (Å²) in [5.41, 5.74) is 3.76. The van der Waals surface area contributed by atoms with Gasteiger partial charge in [0, 0.05) is 28.5 Å². The average Bonchev–Trinajstić information content (AvgIpc) is 2.55. The Balaban J connectivity index is 1.81. The van der Waals surface area contributed by atoms with E-state index in [4.69, 9.17) is 4.74 Å². The molecule has 6 heteroatoms. The maximum absolute atomic E-state index is 12.0. The maximum atomic E-state index is 12.0. The zero-order valence-corrected chi connectivity index (χ0v) is 15.6. The second-order valence-corrected chi connectivity index (χ2v) is 7.29. The number of hydrogen-bond donors (Lipinski definition) is 2. The number of ether oxygens (including phenoxy) is 1. The first-order chi connectivity index (χ1) is 12.0. The van der Waals surface area contributed by atoms with Crippen LogP contribution < -0.4 is 15.4 Å². The van der Waals surface area contributed by atoms with Gasteiger partial charge in [0.1, 0.15) is 12.4 Å². The summed E-state index contributed by atoms with van der Waals surface area (Å²) < 4.78 is 17.0. The number of anilines is 1. The molecule has 2 amide bonds. The van der Waals surface area contributed by atoms with Gasteiger partial charge in [0.25, 0.3) is 0 Å². The smallest absolute Gasteiger partial charge is 0.319 e. The highest BCUT2D eigenvalue weighted by molar-refractivity contribution is 7.83. The quantitative estimate of drug-likeness (QED) is 0.744. The van der Waals surface area contributed by atoms with Gasteiger partial charge in [-0.3, -0.25) is 4.21 Å². The molecule has 0 unspecified atom stereocenters. The predicted molar refractivity (Wildman–Crippen MR) is 103 cm³/mol. The van der Waals surface area contributed by atoms with E-state index in [2.05, 4.69) is 10.6 Å². The Labute approximate surface area is 151 Å². The van der Waals surface area contributed by atoms with Crippen molar-refractivity contribution in [3.8, 4) is 5.75 Å². The van der Waals surface area contributed by atoms with Gasteiger partial charge >= 0.3 is 6.03 Å². The van der Waals surface area contributed by atoms with E-state index in [1.165, 1.54) is 0 Å². The van der Waals surface area contributed by atoms with Gasteiger partial charge < -0.3 is 15.4 Å². The van der Waals surface area contributed by atoms with Crippen molar-refractivity contribution in [3.05, 3.63) is 59.2 Å². The highest BCUT2D eigenvalue weighted by Crippen LogP contribution is 2.20. The Morgan fingerprint density at radius 1 is 1.16 bits per heavy atom. The molecule has 2 rings (SSSR count). The fraction of sp³-hybridized carbons (Fsp3) is 0.316. The lowest BCUT2D eigenvalue weighted by atomic mass is 10.1. The van der Waals surface area contributed by atoms with Crippen molar-refractivity contribution < 1.29 is 13.7 Å². The second kappa shape index (κ2) is 9.22. The van der Waals surface area contributed by atoms with Gasteiger partial charge in [-0.2, -0.15) is 0 Å². The summed E-state index contributed by atoms with van der Waals surface area (Å²) in [4.78, 5) is 12.0. The minimum Gasteiger partial charge on any atom is -0.492 e. The van der Waals surface area contributed by atoms with E-state index in [1.807, 2.05) is 56.3 Å². The molecule has 2 aromatic carbocycles. The molecule has 0 saturated heterocycles. The van der Waals surface area contributed by atoms with Gasteiger partial charge in [-0.1, -0.05) is 24.3 Å². The summed E-state index contributed by atoms with van der Waals surface area (Å²) in [6.07, 6.45) is 1.67. The molecule has 0 heterocycles. The molecule has 0 spiro atoms. The van der Waals surface area contributed by atoms with Crippen molar-refractivity contribution in [2.75, 3.05) is 24.7 Å². The van der Waals surface area contributed by atoms with E-state index in [1.54, 1.807) is 6.26 Å². The van der Waals surface area contributed by atoms with Crippen molar-refractivity contribution in [1.29, 1.82) is 0 Å². The number of rotatable bonds is 7. The van der Waals surface area contributed by atoms with Crippen LogP contribution in [-0.2, 0) is 16.6 Å². The lowest BCUT2D eigenvalue weighted by molar-refractivity contribution is 0.247. The second-order valence-electron chi connectivity index (χ2n) is 5.85. The summed E-state index contributed by atoms with van der Waals surface area (Å²) in [5, 5.41) is 5.60. The Morgan fingerprint density at radius 2 is 1.92 bits per heavy atom. The third-order valence-electron chi connectivity index (χ3n) is 3.70. The van der Waals surface area contributed by atoms with Crippen LogP contribution in [0.3, 0.4) is 0 Å². The molecule has 0 aromatic heterocycles. The molecule has 2 aromatic rings. The van der Waals surface area contributed by atoms with Crippen molar-refractivity contribution in [1.82, 2.24) is 5.32 Å². The standard InChI is InChI=1S/C19H24N2O3S/c1-14-6-4-8-17(12-14)24-11-10-20-19(22)21-18-9-5-7-16(15(18)2)13-25(3)23/h4-9,12H,10-11,13H2,1-3H3,(H2,20,21,22)/t25-/m1/s1. The number of amides is 2. The number of carbonyl (C=O) groups excluding carboxylic acids is 1. The molecule has 0 saturated carbocycles. The fourth-order valence-electron chi connectivity index (χ4n) is 2.40. The van der Waals surface area contributed by atoms with Crippen molar-refractivity contribution in [3.63, 3.8) is 0 Å². The number of benzene rings is 2. The summed E-state index contributed by atoms with van der Waals surface area (Å²) in [6.45, 7) is 4.71. The molecule has 0 radical (unpaired) electrons. The van der Waals surface area contributed by atoms with Gasteiger partial charge in [0.15, 0.2) is 0 Å². The molecular formula is C19H24N2O3S. The van der Waals surface area contributed by atoms with Crippen LogP contribution in [-0.4, -0.2) is 29.6 Å². The molecule has 2 N–H and O–H groups in total. The van der Waals surface area contributed by atoms with Crippen LogP contribution in [0.15, 0.2) is 42.5 Å². The Bertz CT molecular complexity index is 762. The third kappa shape index (κ3) is 6.23. The molecule has 0 aliphatic carbocycles. The van der Waals surface area contributed by atoms with Gasteiger partial charge in [-0.15, -0.1) is 0 Å². The minimum absolute atomic E-state index is 0.286. The maximum Gasteiger partial charge on any atom is 0.319 e. The van der Waals surface area contributed by atoms with Crippen LogP contribution in [0.1, 0.15) is 16.7 Å². The molecule has 5 nitrogen and oxygen atoms in total. The zero-order chi connectivity index (χ0) is 18.2. The number of urea groups is 1. The van der Waals surface area contributed by atoms with E-state index in [9.17, 15) is 9.00 Å². The van der Waals surface area contributed by atoms with Crippen LogP contribution in [0.5, 0.6) is 5.75 Å². The average molecular weight is 360 g/mol. The number of carbonyl (C=O) groups is 1. The summed E-state index contributed by atoms with van der Waals surface area (Å²) in [6, 6.07) is 13.1. The summed E-state index contributed by atoms with van der Waals surface area (Å²) >= 11 is 0. The molecule has 0 bridgehead atoms. The molecule has 0 aliphatic heterocycles. The van der Waals surface area contributed by atoms with Gasteiger partial charge in [-0.05, 0) is 48.7 Å². The van der Waals surface area contributed by atoms with Crippen LogP contribution in [0.2, 0.25) is 0 Å². The highest BCUT2D eigenvalue weighted by Gasteiger charge is 2.08. The van der Waals surface area contributed by atoms with Gasteiger partial charge in [0.05, 0.1) is 6.54 Å². The van der Waals surface area contributed by atoms with Crippen LogP contribution in [0.4, 0.5) is 10.5 Å². The predicted octanol–water partition coefficient (Wildman–Crippen LogP) is 3.38. The van der Waals surface area contributed by atoms with E-state index in [0.717, 1.165) is 28.1 Å². The zero-order valence-electron chi connectivity index (χ0n) is 14.8. The van der Waals surface area contributed by atoms with E-state index >= 15 is 0 Å².